The lowest BCUT2D eigenvalue weighted by Gasteiger charge is -2.04. The number of hydrogen-bond donors (Lipinski definition) is 0. The van der Waals surface area contributed by atoms with E-state index in [1.54, 1.807) is 0 Å². The highest BCUT2D eigenvalue weighted by atomic mass is 79.9. The van der Waals surface area contributed by atoms with Crippen LogP contribution in [-0.4, -0.2) is 15.0 Å². The van der Waals surface area contributed by atoms with Crippen molar-refractivity contribution in [3.05, 3.63) is 23.8 Å². The Bertz CT molecular complexity index is 565. The number of fused-ring (bicyclic) bond motifs is 1. The van der Waals surface area contributed by atoms with Gasteiger partial charge in [-0.25, -0.2) is 4.68 Å². The van der Waals surface area contributed by atoms with Crippen molar-refractivity contribution in [2.45, 2.75) is 83.0 Å². The van der Waals surface area contributed by atoms with Gasteiger partial charge in [-0.05, 0) is 18.1 Å². The second-order valence-electron chi connectivity index (χ2n) is 6.41. The van der Waals surface area contributed by atoms with Crippen LogP contribution >= 0.6 is 15.9 Å². The zero-order valence-electron chi connectivity index (χ0n) is 14.4. The average Bonchev–Trinajstić information content (AvgIpc) is 3.00. The molecule has 0 atom stereocenters. The van der Waals surface area contributed by atoms with Gasteiger partial charge in [0.05, 0.1) is 5.52 Å². The molecule has 2 aromatic rings. The molecule has 0 radical (unpaired) electrons. The van der Waals surface area contributed by atoms with Crippen molar-refractivity contribution in [1.29, 1.82) is 0 Å². The van der Waals surface area contributed by atoms with Crippen molar-refractivity contribution in [3.8, 4) is 0 Å². The summed E-state index contributed by atoms with van der Waals surface area (Å²) in [5, 5.41) is 9.50. The van der Waals surface area contributed by atoms with Crippen LogP contribution in [0.4, 0.5) is 0 Å². The molecule has 0 unspecified atom stereocenters. The predicted octanol–water partition coefficient (Wildman–Crippen LogP) is 6.25. The van der Waals surface area contributed by atoms with Gasteiger partial charge in [-0.15, -0.1) is 5.10 Å². The molecule has 0 spiro atoms. The zero-order chi connectivity index (χ0) is 16.3. The highest BCUT2D eigenvalue weighted by Gasteiger charge is 2.07. The van der Waals surface area contributed by atoms with Crippen molar-refractivity contribution < 1.29 is 0 Å². The van der Waals surface area contributed by atoms with E-state index >= 15 is 0 Å². The van der Waals surface area contributed by atoms with Gasteiger partial charge in [0, 0.05) is 11.9 Å². The van der Waals surface area contributed by atoms with E-state index in [1.165, 1.54) is 69.8 Å². The monoisotopic (exact) mass is 379 g/mol. The molecule has 0 amide bonds. The summed E-state index contributed by atoms with van der Waals surface area (Å²) in [5.41, 5.74) is 3.42. The molecule has 2 rings (SSSR count). The van der Waals surface area contributed by atoms with Gasteiger partial charge < -0.3 is 0 Å². The number of unbranched alkanes of at least 4 members (excludes halogenated alkanes) is 9. The number of rotatable bonds is 12. The van der Waals surface area contributed by atoms with E-state index in [-0.39, 0.29) is 0 Å². The van der Waals surface area contributed by atoms with Gasteiger partial charge in [-0.1, -0.05) is 98.0 Å². The van der Waals surface area contributed by atoms with Gasteiger partial charge >= 0.3 is 0 Å². The average molecular weight is 380 g/mol. The fourth-order valence-corrected chi connectivity index (χ4v) is 3.52. The van der Waals surface area contributed by atoms with Gasteiger partial charge in [-0.2, -0.15) is 0 Å². The summed E-state index contributed by atoms with van der Waals surface area (Å²) in [6.45, 7) is 3.26. The fourth-order valence-electron chi connectivity index (χ4n) is 3.07. The first kappa shape index (κ1) is 18.4. The molecule has 23 heavy (non-hydrogen) atoms. The molecule has 128 valence electrons. The van der Waals surface area contributed by atoms with E-state index in [4.69, 9.17) is 0 Å². The topological polar surface area (TPSA) is 30.7 Å². The Morgan fingerprint density at radius 2 is 1.57 bits per heavy atom. The fraction of sp³-hybridized carbons (Fsp3) is 0.684. The van der Waals surface area contributed by atoms with Gasteiger partial charge in [0.1, 0.15) is 5.52 Å². The molecule has 3 nitrogen and oxygen atoms in total. The molecule has 1 heterocycles. The van der Waals surface area contributed by atoms with E-state index in [0.29, 0.717) is 0 Å². The standard InChI is InChI=1S/C19H30BrN3/c1-2-3-4-5-6-7-8-9-10-11-15-23-18-14-12-13-17(16-20)19(18)21-22-23/h12-14H,2-11,15-16H2,1H3. The number of benzene rings is 1. The van der Waals surface area contributed by atoms with Gasteiger partial charge in [0.25, 0.3) is 0 Å². The summed E-state index contributed by atoms with van der Waals surface area (Å²) in [6, 6.07) is 6.33. The molecular weight excluding hydrogens is 350 g/mol. The van der Waals surface area contributed by atoms with Crippen LogP contribution in [0.15, 0.2) is 18.2 Å². The summed E-state index contributed by atoms with van der Waals surface area (Å²) in [7, 11) is 0. The lowest BCUT2D eigenvalue weighted by Crippen LogP contribution is -2.00. The van der Waals surface area contributed by atoms with E-state index in [0.717, 1.165) is 22.9 Å². The smallest absolute Gasteiger partial charge is 0.117 e. The molecule has 0 aliphatic rings. The van der Waals surface area contributed by atoms with Gasteiger partial charge in [-0.3, -0.25) is 0 Å². The third-order valence-corrected chi connectivity index (χ3v) is 5.10. The number of aryl methyl sites for hydroxylation is 1. The van der Waals surface area contributed by atoms with E-state index in [1.807, 2.05) is 0 Å². The number of aromatic nitrogens is 3. The lowest BCUT2D eigenvalue weighted by molar-refractivity contribution is 0.515. The highest BCUT2D eigenvalue weighted by Crippen LogP contribution is 2.19. The molecule has 0 fully saturated rings. The van der Waals surface area contributed by atoms with Crippen molar-refractivity contribution in [2.24, 2.45) is 0 Å². The maximum absolute atomic E-state index is 4.34. The Labute approximate surface area is 149 Å². The third kappa shape index (κ3) is 5.91. The van der Waals surface area contributed by atoms with E-state index in [2.05, 4.69) is 56.0 Å². The van der Waals surface area contributed by atoms with E-state index < -0.39 is 0 Å². The molecule has 0 N–H and O–H groups in total. The molecule has 0 saturated heterocycles. The van der Waals surface area contributed by atoms with Crippen LogP contribution in [0.25, 0.3) is 11.0 Å². The number of alkyl halides is 1. The van der Waals surface area contributed by atoms with Crippen molar-refractivity contribution in [2.75, 3.05) is 0 Å². The highest BCUT2D eigenvalue weighted by molar-refractivity contribution is 9.08. The maximum Gasteiger partial charge on any atom is 0.117 e. The SMILES string of the molecule is CCCCCCCCCCCCn1nnc2c(CBr)cccc21. The quantitative estimate of drug-likeness (QED) is 0.322. The first-order chi connectivity index (χ1) is 11.4. The third-order valence-electron chi connectivity index (χ3n) is 4.50. The van der Waals surface area contributed by atoms with Gasteiger partial charge in [0.15, 0.2) is 0 Å². The maximum atomic E-state index is 4.34. The number of halogens is 1. The first-order valence-electron chi connectivity index (χ1n) is 9.24. The predicted molar refractivity (Wildman–Crippen MR) is 102 cm³/mol. The van der Waals surface area contributed by atoms with Crippen LogP contribution in [0, 0.1) is 0 Å². The molecule has 1 aromatic heterocycles. The normalized spacial score (nSPS) is 11.4. The van der Waals surface area contributed by atoms with Crippen LogP contribution in [0.2, 0.25) is 0 Å². The second-order valence-corrected chi connectivity index (χ2v) is 6.97. The van der Waals surface area contributed by atoms with Crippen molar-refractivity contribution in [3.63, 3.8) is 0 Å². The second kappa shape index (κ2) is 10.8. The first-order valence-corrected chi connectivity index (χ1v) is 10.4. The molecule has 0 saturated carbocycles. The molecular formula is C19H30BrN3. The minimum Gasteiger partial charge on any atom is -0.245 e. The molecule has 0 aliphatic carbocycles. The number of nitrogens with zero attached hydrogens (tertiary/aromatic N) is 3. The van der Waals surface area contributed by atoms with Crippen LogP contribution in [0.1, 0.15) is 76.7 Å². The minimum absolute atomic E-state index is 0.835. The summed E-state index contributed by atoms with van der Waals surface area (Å²) in [6.07, 6.45) is 13.7. The van der Waals surface area contributed by atoms with Crippen molar-refractivity contribution in [1.82, 2.24) is 15.0 Å². The Morgan fingerprint density at radius 3 is 2.22 bits per heavy atom. The molecule has 1 aromatic carbocycles. The van der Waals surface area contributed by atoms with Crippen LogP contribution < -0.4 is 0 Å². The summed E-state index contributed by atoms with van der Waals surface area (Å²) in [5.74, 6) is 0. The zero-order valence-corrected chi connectivity index (χ0v) is 16.0. The lowest BCUT2D eigenvalue weighted by atomic mass is 10.1. The number of hydrogen-bond acceptors (Lipinski definition) is 2. The van der Waals surface area contributed by atoms with Gasteiger partial charge in [0.2, 0.25) is 0 Å². The largest absolute Gasteiger partial charge is 0.245 e. The summed E-state index contributed by atoms with van der Waals surface area (Å²) in [4.78, 5) is 0. The minimum atomic E-state index is 0.835. The molecule has 4 heteroatoms. The Kier molecular flexibility index (Phi) is 8.66. The van der Waals surface area contributed by atoms with Crippen molar-refractivity contribution >= 4 is 27.0 Å². The molecule has 0 aliphatic heterocycles. The Morgan fingerprint density at radius 1 is 0.913 bits per heavy atom. The summed E-state index contributed by atoms with van der Waals surface area (Å²) < 4.78 is 2.06. The molecule has 0 bridgehead atoms. The Hall–Kier alpha value is -0.900. The van der Waals surface area contributed by atoms with Crippen LogP contribution in [0.5, 0.6) is 0 Å². The van der Waals surface area contributed by atoms with Crippen LogP contribution in [0.3, 0.4) is 0 Å². The summed E-state index contributed by atoms with van der Waals surface area (Å²) >= 11 is 3.52. The Balaban J connectivity index is 1.62. The van der Waals surface area contributed by atoms with Crippen LogP contribution in [-0.2, 0) is 11.9 Å². The van der Waals surface area contributed by atoms with E-state index in [9.17, 15) is 0 Å².